The molecule has 0 spiro atoms. The lowest BCUT2D eigenvalue weighted by atomic mass is 10.2. The number of nitrogens with zero attached hydrogens (tertiary/aromatic N) is 2. The van der Waals surface area contributed by atoms with Crippen LogP contribution in [0.15, 0.2) is 0 Å². The maximum absolute atomic E-state index is 13.7. The van der Waals surface area contributed by atoms with E-state index in [4.69, 9.17) is 0 Å². The van der Waals surface area contributed by atoms with E-state index in [1.54, 1.807) is 0 Å². The van der Waals surface area contributed by atoms with Gasteiger partial charge >= 0.3 is 48.4 Å². The topological polar surface area (TPSA) is 32.8 Å². The SMILES string of the molecule is COC(=O)C(F)(F)N1C(F)(F)C(F)(F)N(C(F)(F)F)C(F)(F)C(F)(F)C1(F)F. The highest BCUT2D eigenvalue weighted by Crippen LogP contribution is 2.63. The van der Waals surface area contributed by atoms with E-state index in [1.165, 1.54) is 0 Å². The number of hydrogen-bond donors (Lipinski definition) is 0. The molecule has 166 valence electrons. The lowest BCUT2D eigenvalue weighted by molar-refractivity contribution is -0.469. The zero-order valence-corrected chi connectivity index (χ0v) is 12.4. The smallest absolute Gasteiger partial charge is 0.463 e. The third kappa shape index (κ3) is 2.76. The second-order valence-corrected chi connectivity index (χ2v) is 4.91. The highest BCUT2D eigenvalue weighted by Gasteiger charge is 2.94. The molecular weight excluding hydrogens is 453 g/mol. The summed E-state index contributed by atoms with van der Waals surface area (Å²) < 4.78 is 202. The number of alkyl halides is 15. The Morgan fingerprint density at radius 1 is 0.679 bits per heavy atom. The number of methoxy groups -OCH3 is 1. The quantitative estimate of drug-likeness (QED) is 0.359. The van der Waals surface area contributed by atoms with E-state index >= 15 is 0 Å². The van der Waals surface area contributed by atoms with Crippen molar-refractivity contribution in [3.63, 3.8) is 0 Å². The van der Waals surface area contributed by atoms with Gasteiger partial charge in [-0.15, -0.1) is 0 Å². The molecule has 1 saturated heterocycles. The number of ether oxygens (including phenoxy) is 1. The number of carbonyl (C=O) groups excluding carboxylic acids is 1. The Bertz CT molecular complexity index is 642. The number of halogens is 15. The van der Waals surface area contributed by atoms with Crippen LogP contribution >= 0.6 is 0 Å². The van der Waals surface area contributed by atoms with E-state index in [1.807, 2.05) is 0 Å². The molecule has 1 aliphatic heterocycles. The van der Waals surface area contributed by atoms with Crippen LogP contribution in [-0.4, -0.2) is 65.3 Å². The number of rotatable bonds is 2. The average Bonchev–Trinajstić information content (AvgIpc) is 2.42. The van der Waals surface area contributed by atoms with Crippen LogP contribution in [0.1, 0.15) is 0 Å². The molecule has 1 aliphatic rings. The van der Waals surface area contributed by atoms with Gasteiger partial charge in [0.15, 0.2) is 0 Å². The van der Waals surface area contributed by atoms with E-state index in [-0.39, 0.29) is 7.11 Å². The Labute approximate surface area is 142 Å². The molecule has 0 aliphatic carbocycles. The van der Waals surface area contributed by atoms with Gasteiger partial charge < -0.3 is 4.74 Å². The van der Waals surface area contributed by atoms with Crippen molar-refractivity contribution in [2.75, 3.05) is 7.11 Å². The van der Waals surface area contributed by atoms with Crippen molar-refractivity contribution >= 4 is 5.97 Å². The summed E-state index contributed by atoms with van der Waals surface area (Å²) >= 11 is 0. The normalized spacial score (nSPS) is 27.1. The number of hydrogen-bond acceptors (Lipinski definition) is 4. The highest BCUT2D eigenvalue weighted by molar-refractivity contribution is 5.77. The third-order valence-corrected chi connectivity index (χ3v) is 3.21. The monoisotopic (exact) mass is 456 g/mol. The summed E-state index contributed by atoms with van der Waals surface area (Å²) in [5.41, 5.74) is 0. The molecule has 1 rings (SSSR count). The van der Waals surface area contributed by atoms with Gasteiger partial charge in [-0.1, -0.05) is 9.80 Å². The van der Waals surface area contributed by atoms with E-state index in [2.05, 4.69) is 4.74 Å². The third-order valence-electron chi connectivity index (χ3n) is 3.21. The van der Waals surface area contributed by atoms with Crippen LogP contribution < -0.4 is 0 Å². The Balaban J connectivity index is 4.12. The standard InChI is InChI=1S/C9H3F15N2O2/c1-28-2(27)3(10,11)25-5(14,15)4(12,13)6(16,17)26(9(22,23)24)8(20,21)7(25,18)19/h1H3. The second-order valence-electron chi connectivity index (χ2n) is 4.91. The van der Waals surface area contributed by atoms with Crippen molar-refractivity contribution in [3.05, 3.63) is 0 Å². The van der Waals surface area contributed by atoms with E-state index in [9.17, 15) is 70.7 Å². The molecule has 0 bridgehead atoms. The van der Waals surface area contributed by atoms with Crippen LogP contribution in [0.3, 0.4) is 0 Å². The second kappa shape index (κ2) is 5.92. The molecule has 0 radical (unpaired) electrons. The van der Waals surface area contributed by atoms with Crippen LogP contribution in [0.2, 0.25) is 0 Å². The fourth-order valence-corrected chi connectivity index (χ4v) is 1.97. The van der Waals surface area contributed by atoms with E-state index < -0.39 is 58.2 Å². The first-order valence-electron chi connectivity index (χ1n) is 5.99. The van der Waals surface area contributed by atoms with Crippen LogP contribution in [0.25, 0.3) is 0 Å². The highest BCUT2D eigenvalue weighted by atomic mass is 19.4. The van der Waals surface area contributed by atoms with Gasteiger partial charge in [-0.25, -0.2) is 4.79 Å². The van der Waals surface area contributed by atoms with Gasteiger partial charge in [-0.2, -0.15) is 65.9 Å². The Kier molecular flexibility index (Phi) is 5.16. The molecule has 0 N–H and O–H groups in total. The van der Waals surface area contributed by atoms with Crippen molar-refractivity contribution < 1.29 is 75.4 Å². The molecule has 0 aromatic heterocycles. The molecule has 0 unspecified atom stereocenters. The Hall–Kier alpha value is -1.66. The number of carbonyl (C=O) groups is 1. The molecular formula is C9H3F15N2O2. The van der Waals surface area contributed by atoms with Gasteiger partial charge in [0, 0.05) is 0 Å². The average molecular weight is 456 g/mol. The maximum Gasteiger partial charge on any atom is 0.469 e. The molecule has 0 aromatic carbocycles. The van der Waals surface area contributed by atoms with Gasteiger partial charge in [-0.05, 0) is 0 Å². The van der Waals surface area contributed by atoms with Crippen molar-refractivity contribution in [2.45, 2.75) is 42.5 Å². The van der Waals surface area contributed by atoms with Gasteiger partial charge in [-0.3, -0.25) is 0 Å². The fourth-order valence-electron chi connectivity index (χ4n) is 1.97. The van der Waals surface area contributed by atoms with Crippen molar-refractivity contribution in [1.29, 1.82) is 0 Å². The van der Waals surface area contributed by atoms with Gasteiger partial charge in [0.2, 0.25) is 0 Å². The summed E-state index contributed by atoms with van der Waals surface area (Å²) in [6.45, 7) is 0. The minimum atomic E-state index is -7.98. The molecule has 19 heteroatoms. The summed E-state index contributed by atoms with van der Waals surface area (Å²) in [6, 6.07) is -38.4. The molecule has 28 heavy (non-hydrogen) atoms. The summed E-state index contributed by atoms with van der Waals surface area (Å²) in [4.78, 5) is 2.35. The van der Waals surface area contributed by atoms with E-state index in [0.29, 0.717) is 0 Å². The summed E-state index contributed by atoms with van der Waals surface area (Å²) in [7, 11) is -0.183. The summed E-state index contributed by atoms with van der Waals surface area (Å²) in [6.07, 6.45) is -7.59. The molecule has 0 amide bonds. The molecule has 0 atom stereocenters. The zero-order valence-electron chi connectivity index (χ0n) is 12.4. The molecule has 0 saturated carbocycles. The zero-order chi connectivity index (χ0) is 22.9. The van der Waals surface area contributed by atoms with Crippen molar-refractivity contribution in [2.24, 2.45) is 0 Å². The first-order chi connectivity index (χ1) is 12.0. The minimum absolute atomic E-state index is 0.183. The van der Waals surface area contributed by atoms with Crippen molar-refractivity contribution in [1.82, 2.24) is 9.80 Å². The molecule has 0 aromatic rings. The van der Waals surface area contributed by atoms with Crippen LogP contribution in [-0.2, 0) is 9.53 Å². The molecule has 4 nitrogen and oxygen atoms in total. The van der Waals surface area contributed by atoms with Crippen LogP contribution in [0.4, 0.5) is 65.9 Å². The first-order valence-corrected chi connectivity index (χ1v) is 5.99. The summed E-state index contributed by atoms with van der Waals surface area (Å²) in [5.74, 6) is -11.7. The minimum Gasteiger partial charge on any atom is -0.463 e. The largest absolute Gasteiger partial charge is 0.469 e. The molecule has 1 heterocycles. The van der Waals surface area contributed by atoms with Crippen molar-refractivity contribution in [3.8, 4) is 0 Å². The van der Waals surface area contributed by atoms with Gasteiger partial charge in [0.05, 0.1) is 7.11 Å². The molecule has 1 fully saturated rings. The Morgan fingerprint density at radius 2 is 1.00 bits per heavy atom. The van der Waals surface area contributed by atoms with Crippen LogP contribution in [0, 0.1) is 0 Å². The number of esters is 1. The maximum atomic E-state index is 13.7. The predicted molar refractivity (Wildman–Crippen MR) is 51.4 cm³/mol. The van der Waals surface area contributed by atoms with E-state index in [0.717, 1.165) is 0 Å². The van der Waals surface area contributed by atoms with Gasteiger partial charge in [0.1, 0.15) is 0 Å². The van der Waals surface area contributed by atoms with Gasteiger partial charge in [0.25, 0.3) is 0 Å². The van der Waals surface area contributed by atoms with Crippen LogP contribution in [0.5, 0.6) is 0 Å². The Morgan fingerprint density at radius 3 is 1.32 bits per heavy atom. The first kappa shape index (κ1) is 24.4. The lowest BCUT2D eigenvalue weighted by Crippen LogP contribution is -2.72. The fraction of sp³-hybridized carbons (Fsp3) is 0.889. The predicted octanol–water partition coefficient (Wildman–Crippen LogP) is 3.90. The lowest BCUT2D eigenvalue weighted by Gasteiger charge is -2.41. The summed E-state index contributed by atoms with van der Waals surface area (Å²) in [5, 5.41) is 0.